The van der Waals surface area contributed by atoms with Gasteiger partial charge in [0.1, 0.15) is 0 Å². The maximum atomic E-state index is 11.3. The second-order valence-corrected chi connectivity index (χ2v) is 7.96. The van der Waals surface area contributed by atoms with Gasteiger partial charge in [-0.15, -0.1) is 11.3 Å². The van der Waals surface area contributed by atoms with Gasteiger partial charge in [-0.25, -0.2) is 13.4 Å². The number of nitrogens with one attached hydrogen (secondary N) is 1. The summed E-state index contributed by atoms with van der Waals surface area (Å²) >= 11 is 3.02. The van der Waals surface area contributed by atoms with Crippen LogP contribution in [0.4, 0.5) is 0 Å². The lowest BCUT2D eigenvalue weighted by molar-refractivity contribution is -0.118. The predicted molar refractivity (Wildman–Crippen MR) is 77.9 cm³/mol. The summed E-state index contributed by atoms with van der Waals surface area (Å²) in [4.78, 5) is 15.7. The van der Waals surface area contributed by atoms with Crippen LogP contribution in [0, 0.1) is 0 Å². The Hall–Kier alpha value is -1.12. The maximum Gasteiger partial charge on any atom is 0.234 e. The Bertz CT molecular complexity index is 661. The number of amides is 1. The van der Waals surface area contributed by atoms with Crippen LogP contribution >= 0.6 is 23.1 Å². The number of fused-ring (bicyclic) bond motifs is 1. The van der Waals surface area contributed by atoms with E-state index in [1.54, 1.807) is 11.3 Å². The Kier molecular flexibility index (Phi) is 4.43. The van der Waals surface area contributed by atoms with Crippen LogP contribution in [0.1, 0.15) is 6.42 Å². The lowest BCUT2D eigenvalue weighted by Gasteiger charge is -2.00. The SMILES string of the molecule is CS(=O)(=O)NC(=O)CCSc1nc2ccccc2s1. The van der Waals surface area contributed by atoms with E-state index in [-0.39, 0.29) is 6.42 Å². The lowest BCUT2D eigenvalue weighted by atomic mass is 10.3. The minimum Gasteiger partial charge on any atom is -0.274 e. The summed E-state index contributed by atoms with van der Waals surface area (Å²) in [5.74, 6) is 0.0115. The smallest absolute Gasteiger partial charge is 0.234 e. The van der Waals surface area contributed by atoms with Crippen LogP contribution in [0.5, 0.6) is 0 Å². The molecule has 2 rings (SSSR count). The van der Waals surface area contributed by atoms with Crippen molar-refractivity contribution in [2.24, 2.45) is 0 Å². The zero-order valence-electron chi connectivity index (χ0n) is 10.1. The molecule has 0 fully saturated rings. The summed E-state index contributed by atoms with van der Waals surface area (Å²) in [5, 5.41) is 0. The molecule has 0 saturated carbocycles. The van der Waals surface area contributed by atoms with Crippen LogP contribution in [-0.2, 0) is 14.8 Å². The van der Waals surface area contributed by atoms with Gasteiger partial charge < -0.3 is 0 Å². The minimum absolute atomic E-state index is 0.146. The van der Waals surface area contributed by atoms with Crippen molar-refractivity contribution in [2.45, 2.75) is 10.8 Å². The van der Waals surface area contributed by atoms with Gasteiger partial charge in [-0.1, -0.05) is 23.9 Å². The van der Waals surface area contributed by atoms with E-state index in [9.17, 15) is 13.2 Å². The molecule has 5 nitrogen and oxygen atoms in total. The molecule has 0 bridgehead atoms. The molecule has 8 heteroatoms. The van der Waals surface area contributed by atoms with Crippen molar-refractivity contribution < 1.29 is 13.2 Å². The van der Waals surface area contributed by atoms with Gasteiger partial charge in [-0.05, 0) is 12.1 Å². The maximum absolute atomic E-state index is 11.3. The highest BCUT2D eigenvalue weighted by Gasteiger charge is 2.09. The molecule has 0 aliphatic carbocycles. The number of hydrogen-bond donors (Lipinski definition) is 1. The zero-order valence-corrected chi connectivity index (χ0v) is 12.6. The number of aromatic nitrogens is 1. The Morgan fingerprint density at radius 3 is 2.84 bits per heavy atom. The minimum atomic E-state index is -3.46. The largest absolute Gasteiger partial charge is 0.274 e. The van der Waals surface area contributed by atoms with Gasteiger partial charge in [-0.2, -0.15) is 0 Å². The summed E-state index contributed by atoms with van der Waals surface area (Å²) in [6.07, 6.45) is 1.11. The van der Waals surface area contributed by atoms with Gasteiger partial charge in [0, 0.05) is 12.2 Å². The molecule has 0 aliphatic heterocycles. The van der Waals surface area contributed by atoms with Gasteiger partial charge in [0.2, 0.25) is 15.9 Å². The van der Waals surface area contributed by atoms with Crippen LogP contribution in [0.15, 0.2) is 28.6 Å². The number of sulfonamides is 1. The van der Waals surface area contributed by atoms with Crippen molar-refractivity contribution in [1.82, 2.24) is 9.71 Å². The van der Waals surface area contributed by atoms with Crippen LogP contribution < -0.4 is 4.72 Å². The first-order chi connectivity index (χ1) is 8.94. The van der Waals surface area contributed by atoms with Crippen molar-refractivity contribution in [1.29, 1.82) is 0 Å². The second-order valence-electron chi connectivity index (χ2n) is 3.84. The van der Waals surface area contributed by atoms with Crippen molar-refractivity contribution in [3.63, 3.8) is 0 Å². The quantitative estimate of drug-likeness (QED) is 0.852. The highest BCUT2D eigenvalue weighted by Crippen LogP contribution is 2.29. The van der Waals surface area contributed by atoms with Crippen molar-refractivity contribution >= 4 is 49.2 Å². The van der Waals surface area contributed by atoms with E-state index in [2.05, 4.69) is 4.98 Å². The fourth-order valence-electron chi connectivity index (χ4n) is 1.40. The van der Waals surface area contributed by atoms with Crippen molar-refractivity contribution in [3.05, 3.63) is 24.3 Å². The molecule has 0 atom stereocenters. The summed E-state index contributed by atoms with van der Waals surface area (Å²) in [6, 6.07) is 7.81. The molecular weight excluding hydrogens is 304 g/mol. The van der Waals surface area contributed by atoms with Gasteiger partial charge in [-0.3, -0.25) is 9.52 Å². The number of thiazole rings is 1. The molecule has 1 N–H and O–H groups in total. The van der Waals surface area contributed by atoms with E-state index in [4.69, 9.17) is 0 Å². The molecule has 0 spiro atoms. The average molecular weight is 316 g/mol. The first-order valence-corrected chi connectivity index (χ1v) is 9.12. The zero-order chi connectivity index (χ0) is 13.9. The van der Waals surface area contributed by atoms with Crippen LogP contribution in [0.2, 0.25) is 0 Å². The molecule has 1 heterocycles. The molecule has 19 heavy (non-hydrogen) atoms. The Morgan fingerprint density at radius 1 is 1.42 bits per heavy atom. The number of benzene rings is 1. The first kappa shape index (κ1) is 14.3. The third-order valence-electron chi connectivity index (χ3n) is 2.13. The molecule has 0 radical (unpaired) electrons. The highest BCUT2D eigenvalue weighted by molar-refractivity contribution is 8.01. The van der Waals surface area contributed by atoms with Gasteiger partial charge >= 0.3 is 0 Å². The summed E-state index contributed by atoms with van der Waals surface area (Å²) < 4.78 is 25.6. The molecule has 102 valence electrons. The van der Waals surface area contributed by atoms with E-state index in [0.29, 0.717) is 5.75 Å². The van der Waals surface area contributed by atoms with E-state index in [1.807, 2.05) is 29.0 Å². The third kappa shape index (κ3) is 4.48. The molecule has 1 aromatic carbocycles. The molecule has 2 aromatic rings. The van der Waals surface area contributed by atoms with Crippen LogP contribution in [0.3, 0.4) is 0 Å². The highest BCUT2D eigenvalue weighted by atomic mass is 32.2. The Morgan fingerprint density at radius 2 is 2.16 bits per heavy atom. The fourth-order valence-corrected chi connectivity index (χ4v) is 3.99. The third-order valence-corrected chi connectivity index (χ3v) is 4.91. The van der Waals surface area contributed by atoms with Crippen molar-refractivity contribution in [3.8, 4) is 0 Å². The topological polar surface area (TPSA) is 76.1 Å². The summed E-state index contributed by atoms with van der Waals surface area (Å²) in [5.41, 5.74) is 0.940. The van der Waals surface area contributed by atoms with Gasteiger partial charge in [0.15, 0.2) is 4.34 Å². The van der Waals surface area contributed by atoms with Gasteiger partial charge in [0.25, 0.3) is 0 Å². The number of hydrogen-bond acceptors (Lipinski definition) is 6. The predicted octanol–water partition coefficient (Wildman–Crippen LogP) is 1.85. The van der Waals surface area contributed by atoms with Crippen molar-refractivity contribution in [2.75, 3.05) is 12.0 Å². The molecule has 1 aromatic heterocycles. The fraction of sp³-hybridized carbons (Fsp3) is 0.273. The number of carbonyl (C=O) groups is 1. The molecule has 0 saturated heterocycles. The number of thioether (sulfide) groups is 1. The number of nitrogens with zero attached hydrogens (tertiary/aromatic N) is 1. The summed E-state index contributed by atoms with van der Waals surface area (Å²) in [6.45, 7) is 0. The van der Waals surface area contributed by atoms with E-state index >= 15 is 0 Å². The normalized spacial score (nSPS) is 11.6. The molecule has 0 aliphatic rings. The lowest BCUT2D eigenvalue weighted by Crippen LogP contribution is -2.29. The first-order valence-electron chi connectivity index (χ1n) is 5.43. The Labute approximate surface area is 119 Å². The number of para-hydroxylation sites is 1. The van der Waals surface area contributed by atoms with Gasteiger partial charge in [0.05, 0.1) is 16.5 Å². The molecule has 0 unspecified atom stereocenters. The number of carbonyl (C=O) groups excluding carboxylic acids is 1. The molecular formula is C11H12N2O3S3. The van der Waals surface area contributed by atoms with E-state index in [1.165, 1.54) is 11.8 Å². The van der Waals surface area contributed by atoms with Crippen LogP contribution in [-0.4, -0.2) is 31.3 Å². The number of rotatable bonds is 5. The summed E-state index contributed by atoms with van der Waals surface area (Å²) in [7, 11) is -3.46. The van der Waals surface area contributed by atoms with E-state index in [0.717, 1.165) is 20.8 Å². The second kappa shape index (κ2) is 5.89. The van der Waals surface area contributed by atoms with Crippen LogP contribution in [0.25, 0.3) is 10.2 Å². The average Bonchev–Trinajstić information content (AvgIpc) is 2.68. The monoisotopic (exact) mass is 316 g/mol. The molecule has 1 amide bonds. The Balaban J connectivity index is 1.87. The standard InChI is InChI=1S/C11H12N2O3S3/c1-19(15,16)13-10(14)6-7-17-11-12-8-4-2-3-5-9(8)18-11/h2-5H,6-7H2,1H3,(H,13,14). The van der Waals surface area contributed by atoms with E-state index < -0.39 is 15.9 Å².